The highest BCUT2D eigenvalue weighted by atomic mass is 35.5. The highest BCUT2D eigenvalue weighted by molar-refractivity contribution is 6.30. The first-order valence-electron chi connectivity index (χ1n) is 9.03. The Labute approximate surface area is 160 Å². The summed E-state index contributed by atoms with van der Waals surface area (Å²) in [7, 11) is 0. The first-order valence-corrected chi connectivity index (χ1v) is 9.41. The van der Waals surface area contributed by atoms with Gasteiger partial charge in [-0.25, -0.2) is 13.8 Å². The number of rotatable bonds is 3. The Hall–Kier alpha value is -2.12. The summed E-state index contributed by atoms with van der Waals surface area (Å²) < 4.78 is 28.2. The lowest BCUT2D eigenvalue weighted by Gasteiger charge is -2.28. The van der Waals surface area contributed by atoms with Gasteiger partial charge in [0.25, 0.3) is 5.56 Å². The zero-order valence-corrected chi connectivity index (χ0v) is 15.5. The van der Waals surface area contributed by atoms with E-state index >= 15 is 0 Å². The molecule has 5 nitrogen and oxygen atoms in total. The minimum atomic E-state index is -0.750. The summed E-state index contributed by atoms with van der Waals surface area (Å²) >= 11 is 5.76. The molecule has 3 heterocycles. The molecular formula is C19H19ClF2N4O. The molecule has 1 aromatic heterocycles. The molecule has 1 N–H and O–H groups in total. The third-order valence-corrected chi connectivity index (χ3v) is 5.36. The van der Waals surface area contributed by atoms with E-state index < -0.39 is 11.6 Å². The molecule has 0 saturated carbocycles. The first-order chi connectivity index (χ1) is 13.0. The summed E-state index contributed by atoms with van der Waals surface area (Å²) in [4.78, 5) is 26.3. The SMILES string of the molecule is O=c1[nH]c(C2=NCCCC2)nc2c1CN(Cc1c(F)ccc(Cl)c1F)CC2. The Morgan fingerprint density at radius 2 is 2.07 bits per heavy atom. The van der Waals surface area contributed by atoms with Crippen molar-refractivity contribution in [3.05, 3.63) is 61.8 Å². The second kappa shape index (κ2) is 7.48. The number of aromatic nitrogens is 2. The smallest absolute Gasteiger partial charge is 0.255 e. The molecule has 0 spiro atoms. The third kappa shape index (κ3) is 3.66. The summed E-state index contributed by atoms with van der Waals surface area (Å²) in [5.41, 5.74) is 1.85. The highest BCUT2D eigenvalue weighted by Gasteiger charge is 2.24. The van der Waals surface area contributed by atoms with E-state index in [0.29, 0.717) is 24.4 Å². The van der Waals surface area contributed by atoms with Gasteiger partial charge in [-0.05, 0) is 31.4 Å². The topological polar surface area (TPSA) is 61.4 Å². The van der Waals surface area contributed by atoms with Crippen LogP contribution in [0.4, 0.5) is 8.78 Å². The molecule has 2 aliphatic rings. The number of nitrogens with zero attached hydrogens (tertiary/aromatic N) is 3. The van der Waals surface area contributed by atoms with E-state index in [0.717, 1.165) is 43.3 Å². The van der Waals surface area contributed by atoms with Gasteiger partial charge in [0.1, 0.15) is 11.6 Å². The van der Waals surface area contributed by atoms with Gasteiger partial charge in [-0.1, -0.05) is 11.6 Å². The highest BCUT2D eigenvalue weighted by Crippen LogP contribution is 2.24. The minimum absolute atomic E-state index is 0.0472. The number of nitrogens with one attached hydrogen (secondary N) is 1. The Morgan fingerprint density at radius 3 is 2.85 bits per heavy atom. The number of hydrogen-bond donors (Lipinski definition) is 1. The maximum Gasteiger partial charge on any atom is 0.255 e. The summed E-state index contributed by atoms with van der Waals surface area (Å²) in [6.07, 6.45) is 3.47. The third-order valence-electron chi connectivity index (χ3n) is 5.07. The maximum absolute atomic E-state index is 14.2. The molecule has 0 radical (unpaired) electrons. The van der Waals surface area contributed by atoms with Crippen molar-refractivity contribution in [2.45, 2.75) is 38.8 Å². The standard InChI is InChI=1S/C19H19ClF2N4O/c20-13-4-5-14(21)11(17(13)22)9-26-8-6-15-12(10-26)19(27)25-18(24-15)16-3-1-2-7-23-16/h4-5H,1-3,6-10H2,(H,24,25,27). The van der Waals surface area contributed by atoms with Gasteiger partial charge in [0, 0.05) is 38.2 Å². The number of hydrogen-bond acceptors (Lipinski definition) is 4. The van der Waals surface area contributed by atoms with Gasteiger partial charge in [0.05, 0.1) is 22.0 Å². The van der Waals surface area contributed by atoms with E-state index in [9.17, 15) is 13.6 Å². The van der Waals surface area contributed by atoms with Crippen molar-refractivity contribution in [2.24, 2.45) is 4.99 Å². The predicted octanol–water partition coefficient (Wildman–Crippen LogP) is 3.23. The molecule has 142 valence electrons. The van der Waals surface area contributed by atoms with Gasteiger partial charge < -0.3 is 4.98 Å². The van der Waals surface area contributed by atoms with E-state index in [1.54, 1.807) is 0 Å². The van der Waals surface area contributed by atoms with Crippen molar-refractivity contribution in [3.63, 3.8) is 0 Å². The largest absolute Gasteiger partial charge is 0.305 e. The summed E-state index contributed by atoms with van der Waals surface area (Å²) in [5, 5.41) is -0.110. The molecule has 0 atom stereocenters. The van der Waals surface area contributed by atoms with Gasteiger partial charge in [-0.2, -0.15) is 0 Å². The average molecular weight is 393 g/mol. The Balaban J connectivity index is 1.58. The second-order valence-corrected chi connectivity index (χ2v) is 7.31. The van der Waals surface area contributed by atoms with Crippen molar-refractivity contribution in [2.75, 3.05) is 13.1 Å². The minimum Gasteiger partial charge on any atom is -0.305 e. The molecule has 4 rings (SSSR count). The molecule has 27 heavy (non-hydrogen) atoms. The molecule has 2 aliphatic heterocycles. The predicted molar refractivity (Wildman–Crippen MR) is 99.3 cm³/mol. The number of aromatic amines is 1. The zero-order chi connectivity index (χ0) is 19.0. The van der Waals surface area contributed by atoms with Crippen LogP contribution >= 0.6 is 11.6 Å². The molecule has 0 saturated heterocycles. The first kappa shape index (κ1) is 18.3. The molecule has 0 unspecified atom stereocenters. The molecule has 0 bridgehead atoms. The Kier molecular flexibility index (Phi) is 5.06. The lowest BCUT2D eigenvalue weighted by atomic mass is 10.0. The van der Waals surface area contributed by atoms with Crippen LogP contribution in [0.25, 0.3) is 0 Å². The fourth-order valence-corrected chi connectivity index (χ4v) is 3.76. The fourth-order valence-electron chi connectivity index (χ4n) is 3.58. The molecule has 0 fully saturated rings. The van der Waals surface area contributed by atoms with Crippen molar-refractivity contribution in [1.29, 1.82) is 0 Å². The summed E-state index contributed by atoms with van der Waals surface area (Å²) in [5.74, 6) is -0.834. The fraction of sp³-hybridized carbons (Fsp3) is 0.421. The van der Waals surface area contributed by atoms with Gasteiger partial charge in [-0.15, -0.1) is 0 Å². The van der Waals surface area contributed by atoms with Crippen LogP contribution in [0.2, 0.25) is 5.02 Å². The van der Waals surface area contributed by atoms with Crippen LogP contribution in [0.15, 0.2) is 21.9 Å². The van der Waals surface area contributed by atoms with E-state index in [1.165, 1.54) is 6.07 Å². The van der Waals surface area contributed by atoms with Crippen LogP contribution in [0.1, 0.15) is 41.9 Å². The van der Waals surface area contributed by atoms with Crippen molar-refractivity contribution in [3.8, 4) is 0 Å². The van der Waals surface area contributed by atoms with Crippen LogP contribution in [-0.2, 0) is 19.5 Å². The molecular weight excluding hydrogens is 374 g/mol. The lowest BCUT2D eigenvalue weighted by Crippen LogP contribution is -2.36. The number of benzene rings is 1. The number of fused-ring (bicyclic) bond motifs is 1. The van der Waals surface area contributed by atoms with E-state index in [1.807, 2.05) is 4.90 Å². The van der Waals surface area contributed by atoms with Gasteiger partial charge in [0.2, 0.25) is 0 Å². The van der Waals surface area contributed by atoms with Crippen molar-refractivity contribution < 1.29 is 8.78 Å². The summed E-state index contributed by atoms with van der Waals surface area (Å²) in [6, 6.07) is 2.36. The van der Waals surface area contributed by atoms with Crippen molar-refractivity contribution in [1.82, 2.24) is 14.9 Å². The number of H-pyrrole nitrogens is 1. The van der Waals surface area contributed by atoms with E-state index in [4.69, 9.17) is 11.6 Å². The molecule has 0 amide bonds. The average Bonchev–Trinajstić information content (AvgIpc) is 2.69. The molecule has 1 aromatic carbocycles. The quantitative estimate of drug-likeness (QED) is 0.816. The Morgan fingerprint density at radius 1 is 1.22 bits per heavy atom. The van der Waals surface area contributed by atoms with Gasteiger partial charge in [-0.3, -0.25) is 14.7 Å². The van der Waals surface area contributed by atoms with Crippen LogP contribution in [0.3, 0.4) is 0 Å². The summed E-state index contributed by atoms with van der Waals surface area (Å²) in [6.45, 7) is 1.66. The number of aliphatic imine (C=N–C) groups is 1. The van der Waals surface area contributed by atoms with Crippen LogP contribution < -0.4 is 5.56 Å². The lowest BCUT2D eigenvalue weighted by molar-refractivity contribution is 0.234. The molecule has 2 aromatic rings. The van der Waals surface area contributed by atoms with E-state index in [-0.39, 0.29) is 29.2 Å². The van der Waals surface area contributed by atoms with Crippen LogP contribution in [0, 0.1) is 11.6 Å². The normalized spacial score (nSPS) is 17.5. The van der Waals surface area contributed by atoms with E-state index in [2.05, 4.69) is 15.0 Å². The second-order valence-electron chi connectivity index (χ2n) is 6.91. The van der Waals surface area contributed by atoms with Crippen molar-refractivity contribution >= 4 is 17.3 Å². The molecule has 0 aliphatic carbocycles. The molecule has 8 heteroatoms. The number of halogens is 3. The maximum atomic E-state index is 14.2. The zero-order valence-electron chi connectivity index (χ0n) is 14.7. The monoisotopic (exact) mass is 392 g/mol. The Bertz CT molecular complexity index is 973. The van der Waals surface area contributed by atoms with Crippen LogP contribution in [-0.4, -0.2) is 33.7 Å². The van der Waals surface area contributed by atoms with Gasteiger partial charge in [0.15, 0.2) is 5.82 Å². The van der Waals surface area contributed by atoms with Gasteiger partial charge >= 0.3 is 0 Å². The van der Waals surface area contributed by atoms with Crippen LogP contribution in [0.5, 0.6) is 0 Å².